The maximum Gasteiger partial charge on any atom is 0.352 e. The summed E-state index contributed by atoms with van der Waals surface area (Å²) in [6.45, 7) is 3.80. The number of aromatic nitrogens is 3. The van der Waals surface area contributed by atoms with Crippen LogP contribution in [0.15, 0.2) is 48.5 Å². The van der Waals surface area contributed by atoms with Crippen LogP contribution >= 0.6 is 11.6 Å². The van der Waals surface area contributed by atoms with Gasteiger partial charge < -0.3 is 19.1 Å². The molecular weight excluding hydrogens is 545 g/mol. The lowest BCUT2D eigenvalue weighted by Crippen LogP contribution is -2.14. The second-order valence-corrected chi connectivity index (χ2v) is 10.7. The predicted octanol–water partition coefficient (Wildman–Crippen LogP) is 7.18. The van der Waals surface area contributed by atoms with Gasteiger partial charge in [-0.15, -0.1) is 0 Å². The molecule has 212 valence electrons. The second kappa shape index (κ2) is 11.2. The summed E-state index contributed by atoms with van der Waals surface area (Å²) >= 11 is 6.91. The number of ether oxygens (including phenoxy) is 2. The molecule has 1 N–H and O–H groups in total. The number of halogens is 2. The number of nitrogens with zero attached hydrogens (tertiary/aromatic N) is 3. The van der Waals surface area contributed by atoms with Crippen LogP contribution in [0.5, 0.6) is 5.75 Å². The van der Waals surface area contributed by atoms with E-state index >= 15 is 0 Å². The summed E-state index contributed by atoms with van der Waals surface area (Å²) in [5.74, 6) is -0.597. The lowest BCUT2D eigenvalue weighted by Gasteiger charge is -2.16. The number of aromatic carboxylic acids is 1. The average Bonchev–Trinajstić information content (AvgIpc) is 3.44. The molecule has 0 aliphatic carbocycles. The number of carboxylic acid groups (broad SMARTS) is 1. The fraction of sp³-hybridized carbons (Fsp3) is 0.312. The summed E-state index contributed by atoms with van der Waals surface area (Å²) in [5.41, 5.74) is 5.41. The van der Waals surface area contributed by atoms with E-state index in [0.717, 1.165) is 56.2 Å². The second-order valence-electron chi connectivity index (χ2n) is 10.3. The zero-order chi connectivity index (χ0) is 28.7. The Morgan fingerprint density at radius 1 is 1.17 bits per heavy atom. The number of rotatable bonds is 7. The van der Waals surface area contributed by atoms with E-state index in [2.05, 4.69) is 6.92 Å². The van der Waals surface area contributed by atoms with Gasteiger partial charge in [0.1, 0.15) is 17.3 Å². The molecule has 0 saturated carbocycles. The summed E-state index contributed by atoms with van der Waals surface area (Å²) in [7, 11) is 1.92. The number of carboxylic acids is 1. The van der Waals surface area contributed by atoms with E-state index in [9.17, 15) is 14.3 Å². The minimum atomic E-state index is -0.977. The van der Waals surface area contributed by atoms with Crippen molar-refractivity contribution in [2.75, 3.05) is 13.2 Å². The van der Waals surface area contributed by atoms with Crippen molar-refractivity contribution in [1.82, 2.24) is 14.3 Å². The van der Waals surface area contributed by atoms with Crippen LogP contribution in [0.1, 0.15) is 47.2 Å². The Morgan fingerprint density at radius 2 is 2.00 bits per heavy atom. The third kappa shape index (κ3) is 4.85. The highest BCUT2D eigenvalue weighted by Gasteiger charge is 2.29. The quantitative estimate of drug-likeness (QED) is 0.208. The van der Waals surface area contributed by atoms with Crippen molar-refractivity contribution in [1.29, 1.82) is 0 Å². The molecular formula is C32H31ClFN3O4. The molecule has 41 heavy (non-hydrogen) atoms. The minimum Gasteiger partial charge on any atom is -0.493 e. The molecule has 3 heterocycles. The Hall–Kier alpha value is -3.88. The molecule has 6 rings (SSSR count). The summed E-state index contributed by atoms with van der Waals surface area (Å²) in [4.78, 5) is 12.8. The Balaban J connectivity index is 1.41. The van der Waals surface area contributed by atoms with Gasteiger partial charge in [0.15, 0.2) is 0 Å². The Labute approximate surface area is 242 Å². The van der Waals surface area contributed by atoms with Crippen LogP contribution in [0.4, 0.5) is 4.39 Å². The van der Waals surface area contributed by atoms with E-state index in [1.54, 1.807) is 6.07 Å². The van der Waals surface area contributed by atoms with Crippen LogP contribution in [-0.4, -0.2) is 38.6 Å². The van der Waals surface area contributed by atoms with Crippen LogP contribution in [0.25, 0.3) is 32.8 Å². The predicted molar refractivity (Wildman–Crippen MR) is 157 cm³/mol. The van der Waals surface area contributed by atoms with E-state index in [-0.39, 0.29) is 11.5 Å². The molecule has 0 spiro atoms. The first-order valence-corrected chi connectivity index (χ1v) is 14.3. The van der Waals surface area contributed by atoms with Crippen molar-refractivity contribution >= 4 is 39.2 Å². The third-order valence-electron chi connectivity index (χ3n) is 7.84. The topological polar surface area (TPSA) is 78.5 Å². The van der Waals surface area contributed by atoms with Crippen LogP contribution in [-0.2, 0) is 37.8 Å². The first-order valence-electron chi connectivity index (χ1n) is 13.9. The number of hydrogen-bond acceptors (Lipinski definition) is 4. The fourth-order valence-electron chi connectivity index (χ4n) is 6.14. The highest BCUT2D eigenvalue weighted by atomic mass is 35.5. The van der Waals surface area contributed by atoms with Gasteiger partial charge in [-0.3, -0.25) is 4.68 Å². The van der Waals surface area contributed by atoms with E-state index in [0.29, 0.717) is 56.4 Å². The van der Waals surface area contributed by atoms with Crippen LogP contribution < -0.4 is 4.74 Å². The van der Waals surface area contributed by atoms with Gasteiger partial charge in [0.25, 0.3) is 0 Å². The molecule has 0 unspecified atom stereocenters. The standard InChI is InChI=1S/C32H31ClFN3O4/c1-3-26-29-25(35-36(26)2)18-40-15-6-14-37-30-23(12-13-24(33)28(29)30)22(31(37)32(38)39)8-5-16-41-27-9-4-7-19-17-20(34)10-11-21(19)27/h4,7,9-13,17H,3,5-6,8,14-16,18H2,1-2H3,(H,38,39). The van der Waals surface area contributed by atoms with Gasteiger partial charge >= 0.3 is 5.97 Å². The maximum atomic E-state index is 13.7. The van der Waals surface area contributed by atoms with Crippen LogP contribution in [0.2, 0.25) is 5.02 Å². The molecule has 0 fully saturated rings. The van der Waals surface area contributed by atoms with Gasteiger partial charge in [0.2, 0.25) is 0 Å². The van der Waals surface area contributed by atoms with Crippen molar-refractivity contribution in [3.8, 4) is 16.9 Å². The number of hydrogen-bond donors (Lipinski definition) is 1. The minimum absolute atomic E-state index is 0.271. The Bertz CT molecular complexity index is 1790. The highest BCUT2D eigenvalue weighted by Crippen LogP contribution is 2.43. The van der Waals surface area contributed by atoms with E-state index in [1.165, 1.54) is 12.1 Å². The molecule has 5 aromatic rings. The molecule has 2 aromatic heterocycles. The van der Waals surface area contributed by atoms with Crippen molar-refractivity contribution in [3.05, 3.63) is 82.0 Å². The number of fused-ring (bicyclic) bond motifs is 3. The Morgan fingerprint density at radius 3 is 2.80 bits per heavy atom. The van der Waals surface area contributed by atoms with Crippen LogP contribution in [0, 0.1) is 5.82 Å². The first kappa shape index (κ1) is 27.3. The van der Waals surface area contributed by atoms with Gasteiger partial charge in [-0.2, -0.15) is 5.10 Å². The van der Waals surface area contributed by atoms with Crippen molar-refractivity contribution in [2.24, 2.45) is 7.05 Å². The summed E-state index contributed by atoms with van der Waals surface area (Å²) < 4.78 is 29.5. The van der Waals surface area contributed by atoms with Gasteiger partial charge in [-0.05, 0) is 67.0 Å². The SMILES string of the molecule is CCc1c2c(nn1C)COCCCn1c(C(=O)O)c(CCCOc3cccc4cc(F)ccc34)c3ccc(Cl)c-2c31. The van der Waals surface area contributed by atoms with Gasteiger partial charge in [-0.25, -0.2) is 9.18 Å². The monoisotopic (exact) mass is 575 g/mol. The van der Waals surface area contributed by atoms with E-state index in [1.807, 2.05) is 46.6 Å². The molecule has 0 saturated heterocycles. The lowest BCUT2D eigenvalue weighted by molar-refractivity contribution is 0.0681. The largest absolute Gasteiger partial charge is 0.493 e. The number of aryl methyl sites for hydroxylation is 3. The number of benzene rings is 3. The average molecular weight is 576 g/mol. The van der Waals surface area contributed by atoms with Crippen molar-refractivity contribution in [3.63, 3.8) is 0 Å². The number of carbonyl (C=O) groups is 1. The molecule has 3 aromatic carbocycles. The molecule has 7 nitrogen and oxygen atoms in total. The highest BCUT2D eigenvalue weighted by molar-refractivity contribution is 6.35. The first-order chi connectivity index (χ1) is 19.9. The van der Waals surface area contributed by atoms with E-state index in [4.69, 9.17) is 26.2 Å². The van der Waals surface area contributed by atoms with Crippen molar-refractivity contribution in [2.45, 2.75) is 45.8 Å². The normalized spacial score (nSPS) is 13.5. The smallest absolute Gasteiger partial charge is 0.352 e. The fourth-order valence-corrected chi connectivity index (χ4v) is 6.39. The summed E-state index contributed by atoms with van der Waals surface area (Å²) in [6.07, 6.45) is 2.49. The Kier molecular flexibility index (Phi) is 7.45. The zero-order valence-corrected chi connectivity index (χ0v) is 23.8. The molecule has 0 bridgehead atoms. The van der Waals surface area contributed by atoms with E-state index < -0.39 is 5.97 Å². The molecule has 9 heteroatoms. The van der Waals surface area contributed by atoms with Gasteiger partial charge in [-0.1, -0.05) is 36.7 Å². The zero-order valence-electron chi connectivity index (χ0n) is 23.0. The molecule has 0 amide bonds. The molecule has 0 atom stereocenters. The maximum absolute atomic E-state index is 13.7. The summed E-state index contributed by atoms with van der Waals surface area (Å²) in [6, 6.07) is 14.0. The lowest BCUT2D eigenvalue weighted by atomic mass is 9.97. The summed E-state index contributed by atoms with van der Waals surface area (Å²) in [5, 5.41) is 18.2. The van der Waals surface area contributed by atoms with Gasteiger partial charge in [0, 0.05) is 47.8 Å². The molecule has 1 aliphatic heterocycles. The van der Waals surface area contributed by atoms with Gasteiger partial charge in [0.05, 0.1) is 29.4 Å². The van der Waals surface area contributed by atoms with Crippen LogP contribution in [0.3, 0.4) is 0 Å². The molecule has 1 aliphatic rings. The molecule has 0 radical (unpaired) electrons. The van der Waals surface area contributed by atoms with Crippen molar-refractivity contribution < 1.29 is 23.8 Å². The third-order valence-corrected chi connectivity index (χ3v) is 8.16.